The third kappa shape index (κ3) is 4.27. The van der Waals surface area contributed by atoms with E-state index in [0.29, 0.717) is 0 Å². The average Bonchev–Trinajstić information content (AvgIpc) is 2.14. The van der Waals surface area contributed by atoms with Crippen molar-refractivity contribution in [2.75, 3.05) is 6.26 Å². The minimum Gasteiger partial charge on any atom is -0.269 e. The number of hydrogen-bond donors (Lipinski definition) is 1. The van der Waals surface area contributed by atoms with Gasteiger partial charge in [-0.25, -0.2) is 13.1 Å². The summed E-state index contributed by atoms with van der Waals surface area (Å²) in [6, 6.07) is 7.50. The number of nitrogens with one attached hydrogen (secondary N) is 1. The van der Waals surface area contributed by atoms with Gasteiger partial charge in [-0.1, -0.05) is 24.3 Å². The van der Waals surface area contributed by atoms with Crippen LogP contribution in [0.25, 0.3) is 6.08 Å². The van der Waals surface area contributed by atoms with E-state index in [1.807, 2.05) is 35.9 Å². The number of benzene rings is 1. The van der Waals surface area contributed by atoms with Crippen molar-refractivity contribution >= 4 is 22.0 Å². The summed E-state index contributed by atoms with van der Waals surface area (Å²) in [4.78, 5) is 11.2. The second-order valence-corrected chi connectivity index (χ2v) is 5.18. The van der Waals surface area contributed by atoms with E-state index in [4.69, 9.17) is 0 Å². The predicted molar refractivity (Wildman–Crippen MR) is 63.2 cm³/mol. The molecular formula is C11H13NO3S. The molecule has 86 valence electrons. The number of hydrogen-bond acceptors (Lipinski definition) is 3. The van der Waals surface area contributed by atoms with E-state index in [2.05, 4.69) is 0 Å². The van der Waals surface area contributed by atoms with Crippen molar-refractivity contribution in [3.05, 3.63) is 41.5 Å². The minimum atomic E-state index is -3.49. The van der Waals surface area contributed by atoms with Gasteiger partial charge in [-0.15, -0.1) is 0 Å². The van der Waals surface area contributed by atoms with Gasteiger partial charge < -0.3 is 0 Å². The van der Waals surface area contributed by atoms with Crippen LogP contribution in [0.2, 0.25) is 0 Å². The molecule has 1 amide bonds. The Kier molecular flexibility index (Phi) is 3.84. The molecule has 1 N–H and O–H groups in total. The third-order valence-corrected chi connectivity index (χ3v) is 2.46. The van der Waals surface area contributed by atoms with Gasteiger partial charge in [-0.2, -0.15) is 0 Å². The topological polar surface area (TPSA) is 63.2 Å². The summed E-state index contributed by atoms with van der Waals surface area (Å²) < 4.78 is 23.4. The summed E-state index contributed by atoms with van der Waals surface area (Å²) in [7, 11) is -3.49. The van der Waals surface area contributed by atoms with Crippen LogP contribution < -0.4 is 4.72 Å². The van der Waals surface area contributed by atoms with Crippen LogP contribution in [0.3, 0.4) is 0 Å². The molecule has 0 saturated heterocycles. The zero-order chi connectivity index (χ0) is 12.2. The fraction of sp³-hybridized carbons (Fsp3) is 0.182. The first-order chi connectivity index (χ1) is 7.38. The van der Waals surface area contributed by atoms with Gasteiger partial charge in [-0.3, -0.25) is 4.79 Å². The van der Waals surface area contributed by atoms with E-state index in [-0.39, 0.29) is 0 Å². The van der Waals surface area contributed by atoms with Crippen molar-refractivity contribution in [1.82, 2.24) is 4.72 Å². The van der Waals surface area contributed by atoms with Gasteiger partial charge in [0, 0.05) is 6.08 Å². The molecule has 0 aliphatic heterocycles. The van der Waals surface area contributed by atoms with E-state index in [1.165, 1.54) is 6.08 Å². The van der Waals surface area contributed by atoms with Crippen LogP contribution in [0.4, 0.5) is 0 Å². The first-order valence-electron chi connectivity index (χ1n) is 4.64. The Morgan fingerprint density at radius 3 is 2.50 bits per heavy atom. The fourth-order valence-corrected chi connectivity index (χ4v) is 1.59. The maximum Gasteiger partial charge on any atom is 0.257 e. The van der Waals surface area contributed by atoms with Crippen LogP contribution in [-0.4, -0.2) is 20.6 Å². The van der Waals surface area contributed by atoms with E-state index < -0.39 is 15.9 Å². The Morgan fingerprint density at radius 2 is 1.94 bits per heavy atom. The first kappa shape index (κ1) is 12.4. The van der Waals surface area contributed by atoms with Crippen molar-refractivity contribution in [3.8, 4) is 0 Å². The molecule has 0 aromatic heterocycles. The average molecular weight is 239 g/mol. The lowest BCUT2D eigenvalue weighted by Gasteiger charge is -1.99. The normalized spacial score (nSPS) is 11.6. The molecule has 0 aliphatic rings. The molecule has 5 heteroatoms. The summed E-state index contributed by atoms with van der Waals surface area (Å²) >= 11 is 0. The van der Waals surface area contributed by atoms with Crippen LogP contribution in [-0.2, 0) is 14.8 Å². The van der Waals surface area contributed by atoms with Crippen LogP contribution in [0.1, 0.15) is 11.1 Å². The minimum absolute atomic E-state index is 0.647. The van der Waals surface area contributed by atoms with Crippen molar-refractivity contribution < 1.29 is 13.2 Å². The van der Waals surface area contributed by atoms with E-state index in [9.17, 15) is 13.2 Å². The molecule has 4 nitrogen and oxygen atoms in total. The number of carbonyl (C=O) groups excluding carboxylic acids is 1. The Balaban J connectivity index is 2.75. The molecule has 1 aromatic rings. The second-order valence-electron chi connectivity index (χ2n) is 3.43. The van der Waals surface area contributed by atoms with Crippen molar-refractivity contribution in [1.29, 1.82) is 0 Å². The van der Waals surface area contributed by atoms with Gasteiger partial charge in [0.2, 0.25) is 10.0 Å². The quantitative estimate of drug-likeness (QED) is 0.803. The second kappa shape index (κ2) is 4.94. The van der Waals surface area contributed by atoms with E-state index in [1.54, 1.807) is 6.08 Å². The summed E-state index contributed by atoms with van der Waals surface area (Å²) in [5.41, 5.74) is 1.90. The number of carbonyl (C=O) groups is 1. The van der Waals surface area contributed by atoms with Gasteiger partial charge in [0.1, 0.15) is 0 Å². The maximum absolute atomic E-state index is 11.2. The number of aryl methyl sites for hydroxylation is 1. The highest BCUT2D eigenvalue weighted by atomic mass is 32.2. The summed E-state index contributed by atoms with van der Waals surface area (Å²) in [6.45, 7) is 1.91. The van der Waals surface area contributed by atoms with E-state index >= 15 is 0 Å². The highest BCUT2D eigenvalue weighted by Crippen LogP contribution is 2.08. The van der Waals surface area contributed by atoms with Gasteiger partial charge >= 0.3 is 0 Å². The highest BCUT2D eigenvalue weighted by Gasteiger charge is 2.04. The smallest absolute Gasteiger partial charge is 0.257 e. The molecule has 1 rings (SSSR count). The van der Waals surface area contributed by atoms with Gasteiger partial charge in [-0.05, 0) is 24.1 Å². The molecule has 0 saturated carbocycles. The Labute approximate surface area is 95.0 Å². The Hall–Kier alpha value is -1.62. The number of rotatable bonds is 3. The highest BCUT2D eigenvalue weighted by molar-refractivity contribution is 7.89. The number of sulfonamides is 1. The molecule has 1 aromatic carbocycles. The Morgan fingerprint density at radius 1 is 1.31 bits per heavy atom. The summed E-state index contributed by atoms with van der Waals surface area (Å²) in [6.07, 6.45) is 3.71. The van der Waals surface area contributed by atoms with Crippen LogP contribution >= 0.6 is 0 Å². The zero-order valence-corrected chi connectivity index (χ0v) is 9.91. The van der Waals surface area contributed by atoms with Crippen LogP contribution in [0.15, 0.2) is 30.3 Å². The monoisotopic (exact) mass is 239 g/mol. The summed E-state index contributed by atoms with van der Waals surface area (Å²) in [5, 5.41) is 0. The predicted octanol–water partition coefficient (Wildman–Crippen LogP) is 1.08. The SMILES string of the molecule is Cc1ccccc1/C=C/C(=O)NS(C)(=O)=O. The van der Waals surface area contributed by atoms with Gasteiger partial charge in [0.05, 0.1) is 6.26 Å². The standard InChI is InChI=1S/C11H13NO3S/c1-9-5-3-4-6-10(9)7-8-11(13)12-16(2,14)15/h3-8H,1-2H3,(H,12,13)/b8-7+. The molecule has 16 heavy (non-hydrogen) atoms. The van der Waals surface area contributed by atoms with Gasteiger partial charge in [0.25, 0.3) is 5.91 Å². The number of amides is 1. The lowest BCUT2D eigenvalue weighted by atomic mass is 10.1. The zero-order valence-electron chi connectivity index (χ0n) is 9.10. The molecule has 0 atom stereocenters. The largest absolute Gasteiger partial charge is 0.269 e. The first-order valence-corrected chi connectivity index (χ1v) is 6.53. The molecule has 0 bridgehead atoms. The van der Waals surface area contributed by atoms with Crippen molar-refractivity contribution in [3.63, 3.8) is 0 Å². The molecular weight excluding hydrogens is 226 g/mol. The van der Waals surface area contributed by atoms with Crippen LogP contribution in [0.5, 0.6) is 0 Å². The Bertz CT molecular complexity index is 518. The molecule has 0 heterocycles. The molecule has 0 fully saturated rings. The molecule has 0 aliphatic carbocycles. The van der Waals surface area contributed by atoms with Crippen LogP contribution in [0, 0.1) is 6.92 Å². The van der Waals surface area contributed by atoms with Gasteiger partial charge in [0.15, 0.2) is 0 Å². The lowest BCUT2D eigenvalue weighted by Crippen LogP contribution is -2.27. The fourth-order valence-electron chi connectivity index (χ4n) is 1.16. The van der Waals surface area contributed by atoms with Crippen molar-refractivity contribution in [2.45, 2.75) is 6.92 Å². The molecule has 0 spiro atoms. The molecule has 0 unspecified atom stereocenters. The van der Waals surface area contributed by atoms with E-state index in [0.717, 1.165) is 17.4 Å². The maximum atomic E-state index is 11.2. The third-order valence-electron chi connectivity index (χ3n) is 1.89. The van der Waals surface area contributed by atoms with Crippen molar-refractivity contribution in [2.24, 2.45) is 0 Å². The lowest BCUT2D eigenvalue weighted by molar-refractivity contribution is -0.114. The molecule has 0 radical (unpaired) electrons. The summed E-state index contributed by atoms with van der Waals surface area (Å²) in [5.74, 6) is -0.647.